The molecule has 35 heavy (non-hydrogen) atoms. The van der Waals surface area contributed by atoms with Crippen molar-refractivity contribution in [1.29, 1.82) is 0 Å². The molecule has 3 rings (SSSR count). The average molecular weight is 499 g/mol. The van der Waals surface area contributed by atoms with Crippen molar-refractivity contribution in [3.05, 3.63) is 28.8 Å². The number of carbonyl (C=O) groups excluding carboxylic acids is 4. The van der Waals surface area contributed by atoms with Crippen LogP contribution in [-0.2, 0) is 20.9 Å². The van der Waals surface area contributed by atoms with Crippen molar-refractivity contribution in [2.75, 3.05) is 38.2 Å². The lowest BCUT2D eigenvalue weighted by Crippen LogP contribution is -2.51. The summed E-state index contributed by atoms with van der Waals surface area (Å²) >= 11 is 0. The molecule has 2 fully saturated rings. The molecule has 3 amide bonds. The second-order valence-electron chi connectivity index (χ2n) is 9.05. The van der Waals surface area contributed by atoms with Gasteiger partial charge in [0.1, 0.15) is 17.1 Å². The van der Waals surface area contributed by atoms with E-state index in [2.05, 4.69) is 10.6 Å². The molecule has 1 aromatic rings. The van der Waals surface area contributed by atoms with Gasteiger partial charge in [-0.05, 0) is 33.3 Å². The van der Waals surface area contributed by atoms with Crippen molar-refractivity contribution < 1.29 is 37.8 Å². The zero-order valence-corrected chi connectivity index (χ0v) is 20.3. The number of carbonyl (C=O) groups is 4. The standard InChI is InChI=1S/C22H28F2N4O5.CH4O/c1-22(2,3)33-21(32)28-8-6-27(7-9-28)19-15(23)10-13(12-29)14(18(19)24)11-25-16-4-5-17(30)26-20(16)31;1-2/h10,12,16,25H,4-9,11H2,1-3H3,(H,26,30,31);2H,1H3. The first kappa shape index (κ1) is 28.1. The van der Waals surface area contributed by atoms with Gasteiger partial charge >= 0.3 is 6.09 Å². The summed E-state index contributed by atoms with van der Waals surface area (Å²) < 4.78 is 35.5. The number of rotatable bonds is 5. The van der Waals surface area contributed by atoms with E-state index in [4.69, 9.17) is 9.84 Å². The van der Waals surface area contributed by atoms with Crippen LogP contribution in [0.4, 0.5) is 19.3 Å². The highest BCUT2D eigenvalue weighted by Gasteiger charge is 2.31. The molecule has 194 valence electrons. The first-order valence-corrected chi connectivity index (χ1v) is 11.2. The van der Waals surface area contributed by atoms with Crippen LogP contribution < -0.4 is 15.5 Å². The maximum atomic E-state index is 15.4. The predicted octanol–water partition coefficient (Wildman–Crippen LogP) is 1.34. The molecule has 0 spiro atoms. The smallest absolute Gasteiger partial charge is 0.410 e. The summed E-state index contributed by atoms with van der Waals surface area (Å²) in [6, 6.07) is 0.236. The molecule has 3 N–H and O–H groups in total. The minimum Gasteiger partial charge on any atom is -0.444 e. The van der Waals surface area contributed by atoms with Gasteiger partial charge in [0.2, 0.25) is 11.8 Å². The number of aliphatic hydroxyl groups is 1. The van der Waals surface area contributed by atoms with E-state index in [1.807, 2.05) is 0 Å². The lowest BCUT2D eigenvalue weighted by Gasteiger charge is -2.37. The van der Waals surface area contributed by atoms with E-state index in [9.17, 15) is 23.6 Å². The molecular weight excluding hydrogens is 466 g/mol. The number of aldehydes is 1. The Balaban J connectivity index is 0.00000210. The molecule has 2 aliphatic heterocycles. The summed E-state index contributed by atoms with van der Waals surface area (Å²) in [7, 11) is 1.00. The highest BCUT2D eigenvalue weighted by molar-refractivity contribution is 6.00. The third-order valence-electron chi connectivity index (χ3n) is 5.47. The number of nitrogens with one attached hydrogen (secondary N) is 2. The average Bonchev–Trinajstić information content (AvgIpc) is 2.80. The van der Waals surface area contributed by atoms with Crippen LogP contribution in [0, 0.1) is 11.6 Å². The fraction of sp³-hybridized carbons (Fsp3) is 0.565. The van der Waals surface area contributed by atoms with E-state index in [0.29, 0.717) is 6.29 Å². The Hall–Kier alpha value is -3.12. The first-order chi connectivity index (χ1) is 16.5. The number of nitrogens with zero attached hydrogens (tertiary/aromatic N) is 2. The zero-order valence-electron chi connectivity index (χ0n) is 20.3. The van der Waals surface area contributed by atoms with Crippen molar-refractivity contribution in [3.8, 4) is 0 Å². The summed E-state index contributed by atoms with van der Waals surface area (Å²) in [4.78, 5) is 49.9. The monoisotopic (exact) mass is 498 g/mol. The molecule has 0 aromatic heterocycles. The van der Waals surface area contributed by atoms with Gasteiger partial charge in [-0.3, -0.25) is 19.7 Å². The Labute approximate surface area is 202 Å². The molecule has 12 heteroatoms. The number of aliphatic hydroxyl groups excluding tert-OH is 1. The van der Waals surface area contributed by atoms with Crippen LogP contribution in [0.15, 0.2) is 6.07 Å². The van der Waals surface area contributed by atoms with Crippen LogP contribution in [0.25, 0.3) is 0 Å². The Morgan fingerprint density at radius 2 is 1.86 bits per heavy atom. The molecular formula is C23H32F2N4O6. The maximum absolute atomic E-state index is 15.4. The van der Waals surface area contributed by atoms with Crippen LogP contribution in [0.2, 0.25) is 0 Å². The van der Waals surface area contributed by atoms with Gasteiger partial charge in [-0.25, -0.2) is 13.6 Å². The summed E-state index contributed by atoms with van der Waals surface area (Å²) in [5, 5.41) is 12.0. The fourth-order valence-corrected chi connectivity index (χ4v) is 3.79. The molecule has 1 aromatic carbocycles. The van der Waals surface area contributed by atoms with Gasteiger partial charge in [-0.1, -0.05) is 0 Å². The highest BCUT2D eigenvalue weighted by Crippen LogP contribution is 2.30. The minimum atomic E-state index is -0.900. The number of piperazine rings is 1. The first-order valence-electron chi connectivity index (χ1n) is 11.2. The Bertz CT molecular complexity index is 958. The van der Waals surface area contributed by atoms with Crippen LogP contribution >= 0.6 is 0 Å². The van der Waals surface area contributed by atoms with E-state index in [0.717, 1.165) is 13.2 Å². The van der Waals surface area contributed by atoms with E-state index < -0.39 is 35.3 Å². The van der Waals surface area contributed by atoms with Crippen LogP contribution in [-0.4, -0.2) is 79.1 Å². The zero-order chi connectivity index (χ0) is 26.3. The quantitative estimate of drug-likeness (QED) is 0.410. The number of ether oxygens (including phenoxy) is 1. The number of hydrogen-bond donors (Lipinski definition) is 3. The second kappa shape index (κ2) is 12.0. The maximum Gasteiger partial charge on any atom is 0.410 e. The van der Waals surface area contributed by atoms with Crippen LogP contribution in [0.1, 0.15) is 49.5 Å². The van der Waals surface area contributed by atoms with E-state index in [1.54, 1.807) is 20.8 Å². The Morgan fingerprint density at radius 1 is 1.23 bits per heavy atom. The van der Waals surface area contributed by atoms with Crippen molar-refractivity contribution in [2.45, 2.75) is 51.8 Å². The molecule has 10 nitrogen and oxygen atoms in total. The van der Waals surface area contributed by atoms with E-state index in [-0.39, 0.29) is 68.3 Å². The number of imide groups is 1. The van der Waals surface area contributed by atoms with E-state index >= 15 is 4.39 Å². The van der Waals surface area contributed by atoms with E-state index in [1.165, 1.54) is 9.80 Å². The van der Waals surface area contributed by atoms with Gasteiger partial charge in [0.05, 0.1) is 6.04 Å². The number of piperidine rings is 1. The molecule has 1 unspecified atom stereocenters. The van der Waals surface area contributed by atoms with Gasteiger partial charge in [0, 0.05) is 57.4 Å². The summed E-state index contributed by atoms with van der Waals surface area (Å²) in [5.41, 5.74) is -1.17. The molecule has 1 atom stereocenters. The highest BCUT2D eigenvalue weighted by atomic mass is 19.1. The van der Waals surface area contributed by atoms with Gasteiger partial charge in [-0.15, -0.1) is 0 Å². The summed E-state index contributed by atoms with van der Waals surface area (Å²) in [6.45, 7) is 5.85. The summed E-state index contributed by atoms with van der Waals surface area (Å²) in [6.07, 6.45) is 0.248. The molecule has 2 heterocycles. The van der Waals surface area contributed by atoms with Crippen molar-refractivity contribution >= 4 is 29.9 Å². The fourth-order valence-electron chi connectivity index (χ4n) is 3.79. The lowest BCUT2D eigenvalue weighted by molar-refractivity contribution is -0.134. The van der Waals surface area contributed by atoms with Crippen molar-refractivity contribution in [2.24, 2.45) is 0 Å². The molecule has 0 radical (unpaired) electrons. The van der Waals surface area contributed by atoms with Crippen molar-refractivity contribution in [3.63, 3.8) is 0 Å². The Kier molecular flexibility index (Phi) is 9.66. The minimum absolute atomic E-state index is 0.0688. The normalized spacial score (nSPS) is 18.4. The number of amides is 3. The number of halogens is 2. The number of benzene rings is 1. The van der Waals surface area contributed by atoms with Gasteiger partial charge < -0.3 is 25.0 Å². The molecule has 0 aliphatic carbocycles. The van der Waals surface area contributed by atoms with Gasteiger partial charge in [-0.2, -0.15) is 0 Å². The van der Waals surface area contributed by atoms with Crippen LogP contribution in [0.3, 0.4) is 0 Å². The SMILES string of the molecule is CC(C)(C)OC(=O)N1CCN(c2c(F)cc(C=O)c(CNC3CCC(=O)NC3=O)c2F)CC1.CO. The summed E-state index contributed by atoms with van der Waals surface area (Å²) in [5.74, 6) is -2.69. The van der Waals surface area contributed by atoms with Crippen LogP contribution in [0.5, 0.6) is 0 Å². The second-order valence-corrected chi connectivity index (χ2v) is 9.05. The molecule has 2 aliphatic rings. The lowest BCUT2D eigenvalue weighted by atomic mass is 10.0. The number of anilines is 1. The van der Waals surface area contributed by atoms with Crippen molar-refractivity contribution in [1.82, 2.24) is 15.5 Å². The molecule has 0 saturated carbocycles. The predicted molar refractivity (Wildman–Crippen MR) is 123 cm³/mol. The molecule has 0 bridgehead atoms. The molecule has 2 saturated heterocycles. The topological polar surface area (TPSA) is 128 Å². The van der Waals surface area contributed by atoms with Gasteiger partial charge in [0.25, 0.3) is 0 Å². The third-order valence-corrected chi connectivity index (χ3v) is 5.47. The van der Waals surface area contributed by atoms with Gasteiger partial charge in [0.15, 0.2) is 12.1 Å². The third kappa shape index (κ3) is 7.18. The Morgan fingerprint density at radius 3 is 2.40 bits per heavy atom. The largest absolute Gasteiger partial charge is 0.444 e. The number of hydrogen-bond acceptors (Lipinski definition) is 8.